The highest BCUT2D eigenvalue weighted by atomic mass is 32.1. The minimum atomic E-state index is -0.538. The molecule has 0 spiro atoms. The summed E-state index contributed by atoms with van der Waals surface area (Å²) in [5.74, 6) is -1.17. The monoisotopic (exact) mass is 653 g/mol. The van der Waals surface area contributed by atoms with Crippen LogP contribution >= 0.6 is 0 Å². The van der Waals surface area contributed by atoms with Gasteiger partial charge in [-0.1, -0.05) is 25.9 Å². The van der Waals surface area contributed by atoms with Gasteiger partial charge in [0.15, 0.2) is 0 Å². The number of azide groups is 1. The molecule has 18 heteroatoms. The Kier molecular flexibility index (Phi) is 16.9. The fourth-order valence-corrected chi connectivity index (χ4v) is 5.93. The minimum absolute atomic E-state index is 0.00296. The van der Waals surface area contributed by atoms with Gasteiger partial charge in [0.1, 0.15) is 18.1 Å². The summed E-state index contributed by atoms with van der Waals surface area (Å²) < 4.78 is 3.60. The van der Waals surface area contributed by atoms with Crippen molar-refractivity contribution in [3.8, 4) is 0 Å². The second-order valence-electron chi connectivity index (χ2n) is 11.3. The molecule has 17 nitrogen and oxygen atoms in total. The van der Waals surface area contributed by atoms with Crippen LogP contribution in [-0.2, 0) is 41.2 Å². The van der Waals surface area contributed by atoms with Gasteiger partial charge in [-0.3, -0.25) is 28.8 Å². The number of nitrogens with zero attached hydrogens (tertiary/aromatic N) is 7. The number of rotatable bonds is 14. The quantitative estimate of drug-likeness (QED) is 0.105. The molecule has 0 aliphatic carbocycles. The molecule has 3 unspecified atom stereocenters. The lowest BCUT2D eigenvalue weighted by molar-refractivity contribution is -0.136. The molecule has 3 saturated heterocycles. The summed E-state index contributed by atoms with van der Waals surface area (Å²) in [7, 11) is 0. The zero-order valence-corrected chi connectivity index (χ0v) is 27.1. The lowest BCUT2D eigenvalue weighted by Gasteiger charge is -2.24. The standard InChI is InChI=1S/C9H15N5O2.C9H15N3O2S.C9H17N3O2/c1-2-7(9(10)16)14-5-6(3-8(14)15)4-12-13-11;1-2-7(9(10)14)12-5-6(4-11-15)3-8(12)13;1-2-7(9(11)14)12-5-6(4-10)3-8(12)13/h6-7H,2-5H2,1H3,(H2,10,16);6-7H,2-5H2,1H3,(H2,10,14);6-7H,2-5,10H2,1H3,(H2,11,14)/t3*6?,7-/m000/s1. The van der Waals surface area contributed by atoms with Gasteiger partial charge in [0.25, 0.3) is 0 Å². The highest BCUT2D eigenvalue weighted by molar-refractivity contribution is 7.47. The van der Waals surface area contributed by atoms with Crippen LogP contribution in [0.1, 0.15) is 59.3 Å². The first-order chi connectivity index (χ1) is 21.3. The molecule has 6 amide bonds. The SMILES string of the molecule is CC[C@@H](C(N)=O)N1CC(CN)CC1=O.CC[C@@H](C(N)=O)N1CC(CN=S)CC1=O.CC[C@@H](C(N)=O)N1CC(CN=[N+]=[N-])CC1=O. The van der Waals surface area contributed by atoms with E-state index in [0.29, 0.717) is 71.2 Å². The van der Waals surface area contributed by atoms with E-state index in [4.69, 9.17) is 28.5 Å². The molecule has 0 aromatic rings. The first-order valence-electron chi connectivity index (χ1n) is 15.1. The van der Waals surface area contributed by atoms with Gasteiger partial charge < -0.3 is 37.6 Å². The molecule has 3 fully saturated rings. The summed E-state index contributed by atoms with van der Waals surface area (Å²) >= 11 is 4.52. The fourth-order valence-electron chi connectivity index (χ4n) is 5.71. The molecule has 3 rings (SSSR count). The fraction of sp³-hybridized carbons (Fsp3) is 0.778. The Balaban J connectivity index is 0.000000338. The van der Waals surface area contributed by atoms with Crippen LogP contribution < -0.4 is 22.9 Å². The highest BCUT2D eigenvalue weighted by Gasteiger charge is 2.37. The van der Waals surface area contributed by atoms with E-state index in [1.165, 1.54) is 4.90 Å². The van der Waals surface area contributed by atoms with Crippen LogP contribution in [0.5, 0.6) is 0 Å². The highest BCUT2D eigenvalue weighted by Crippen LogP contribution is 2.23. The van der Waals surface area contributed by atoms with Gasteiger partial charge in [-0.05, 0) is 43.2 Å². The number of carbonyl (C=O) groups excluding carboxylic acids is 6. The van der Waals surface area contributed by atoms with E-state index in [9.17, 15) is 28.8 Å². The van der Waals surface area contributed by atoms with Crippen LogP contribution in [0.4, 0.5) is 0 Å². The molecule has 3 aliphatic rings. The van der Waals surface area contributed by atoms with Gasteiger partial charge >= 0.3 is 0 Å². The molecule has 0 aromatic carbocycles. The molecular weight excluding hydrogens is 606 g/mol. The van der Waals surface area contributed by atoms with Crippen molar-refractivity contribution in [2.24, 2.45) is 50.2 Å². The third-order valence-corrected chi connectivity index (χ3v) is 8.21. The number of carbonyl (C=O) groups is 6. The van der Waals surface area contributed by atoms with Crippen LogP contribution in [0.2, 0.25) is 0 Å². The Morgan fingerprint density at radius 2 is 1.09 bits per heavy atom. The maximum absolute atomic E-state index is 11.6. The van der Waals surface area contributed by atoms with Gasteiger partial charge in [-0.25, -0.2) is 4.36 Å². The van der Waals surface area contributed by atoms with Gasteiger partial charge in [0.05, 0.1) is 6.54 Å². The van der Waals surface area contributed by atoms with Crippen molar-refractivity contribution in [3.05, 3.63) is 10.4 Å². The molecule has 0 radical (unpaired) electrons. The van der Waals surface area contributed by atoms with Gasteiger partial charge in [0, 0.05) is 68.7 Å². The smallest absolute Gasteiger partial charge is 0.240 e. The van der Waals surface area contributed by atoms with Gasteiger partial charge in [-0.15, -0.1) is 0 Å². The van der Waals surface area contributed by atoms with Crippen molar-refractivity contribution in [2.75, 3.05) is 39.3 Å². The van der Waals surface area contributed by atoms with E-state index in [2.05, 4.69) is 26.8 Å². The normalized spacial score (nSPS) is 22.8. The average molecular weight is 654 g/mol. The third kappa shape index (κ3) is 11.5. The molecule has 3 aliphatic heterocycles. The van der Waals surface area contributed by atoms with E-state index in [0.717, 1.165) is 0 Å². The zero-order chi connectivity index (χ0) is 34.3. The summed E-state index contributed by atoms with van der Waals surface area (Å²) in [6, 6.07) is -1.48. The predicted molar refractivity (Wildman–Crippen MR) is 167 cm³/mol. The number of hydrogen-bond acceptors (Lipinski definition) is 10. The average Bonchev–Trinajstić information content (AvgIpc) is 3.65. The summed E-state index contributed by atoms with van der Waals surface area (Å²) in [5.41, 5.74) is 29.3. The summed E-state index contributed by atoms with van der Waals surface area (Å²) in [6.45, 7) is 8.31. The number of primary amides is 3. The number of amides is 6. The van der Waals surface area contributed by atoms with Crippen molar-refractivity contribution in [1.82, 2.24) is 14.7 Å². The maximum Gasteiger partial charge on any atom is 0.240 e. The van der Waals surface area contributed by atoms with Crippen molar-refractivity contribution in [3.63, 3.8) is 0 Å². The van der Waals surface area contributed by atoms with Crippen molar-refractivity contribution in [1.29, 1.82) is 0 Å². The van der Waals surface area contributed by atoms with Crippen LogP contribution in [0.25, 0.3) is 10.4 Å². The van der Waals surface area contributed by atoms with E-state index in [1.807, 2.05) is 20.8 Å². The number of nitrogens with two attached hydrogens (primary N) is 4. The Morgan fingerprint density at radius 1 is 0.756 bits per heavy atom. The van der Waals surface area contributed by atoms with E-state index in [-0.39, 0.29) is 42.0 Å². The maximum atomic E-state index is 11.6. The molecule has 6 atom stereocenters. The molecular formula is C27H47N11O6S. The van der Waals surface area contributed by atoms with Gasteiger partial charge in [-0.2, -0.15) is 0 Å². The first-order valence-corrected chi connectivity index (χ1v) is 15.4. The molecule has 8 N–H and O–H groups in total. The second-order valence-corrected chi connectivity index (χ2v) is 11.5. The summed E-state index contributed by atoms with van der Waals surface area (Å²) in [4.78, 5) is 75.3. The largest absolute Gasteiger partial charge is 0.368 e. The third-order valence-electron chi connectivity index (χ3n) is 8.06. The van der Waals surface area contributed by atoms with Crippen LogP contribution in [0, 0.1) is 17.8 Å². The van der Waals surface area contributed by atoms with Crippen LogP contribution in [0.15, 0.2) is 9.48 Å². The number of hydrogen-bond donors (Lipinski definition) is 4. The predicted octanol–water partition coefficient (Wildman–Crippen LogP) is -0.704. The zero-order valence-electron chi connectivity index (χ0n) is 26.2. The van der Waals surface area contributed by atoms with Crippen molar-refractivity contribution in [2.45, 2.75) is 77.4 Å². The Hall–Kier alpha value is -3.89. The molecule has 3 heterocycles. The molecule has 0 bridgehead atoms. The lowest BCUT2D eigenvalue weighted by atomic mass is 10.1. The molecule has 252 valence electrons. The topological polar surface area (TPSA) is 277 Å². The summed E-state index contributed by atoms with van der Waals surface area (Å²) in [6.07, 6.45) is 2.82. The minimum Gasteiger partial charge on any atom is -0.368 e. The Labute approximate surface area is 268 Å². The molecule has 0 saturated carbocycles. The van der Waals surface area contributed by atoms with Gasteiger partial charge in [0.2, 0.25) is 35.4 Å². The van der Waals surface area contributed by atoms with E-state index in [1.54, 1.807) is 9.80 Å². The van der Waals surface area contributed by atoms with Crippen LogP contribution in [0.3, 0.4) is 0 Å². The lowest BCUT2D eigenvalue weighted by Crippen LogP contribution is -2.45. The Morgan fingerprint density at radius 3 is 1.36 bits per heavy atom. The summed E-state index contributed by atoms with van der Waals surface area (Å²) in [5, 5.41) is 3.44. The second kappa shape index (κ2) is 19.5. The first kappa shape index (κ1) is 39.1. The molecule has 0 aromatic heterocycles. The van der Waals surface area contributed by atoms with Crippen LogP contribution in [-0.4, -0.2) is 108 Å². The number of likely N-dealkylation sites (tertiary alicyclic amines) is 3. The Bertz CT molecular complexity index is 1130. The van der Waals surface area contributed by atoms with Crippen molar-refractivity contribution < 1.29 is 28.8 Å². The van der Waals surface area contributed by atoms with E-state index < -0.39 is 35.8 Å². The van der Waals surface area contributed by atoms with E-state index >= 15 is 0 Å². The van der Waals surface area contributed by atoms with Crippen molar-refractivity contribution >= 4 is 47.9 Å². The molecule has 45 heavy (non-hydrogen) atoms.